The summed E-state index contributed by atoms with van der Waals surface area (Å²) in [5, 5.41) is 0. The fraction of sp³-hybridized carbons (Fsp3) is 0.500. The minimum atomic E-state index is 0.672. The van der Waals surface area contributed by atoms with Crippen LogP contribution in [0.4, 0.5) is 0 Å². The zero-order valence-corrected chi connectivity index (χ0v) is 11.6. The Labute approximate surface area is 108 Å². The van der Waals surface area contributed by atoms with E-state index in [1.165, 1.54) is 11.1 Å². The molecule has 0 aliphatic carbocycles. The Balaban J connectivity index is 2.10. The lowest BCUT2D eigenvalue weighted by molar-refractivity contribution is 0.0827. The first kappa shape index (κ1) is 13.1. The summed E-state index contributed by atoms with van der Waals surface area (Å²) >= 11 is 0. The standard InChI is InChI=1S/C14H21N3O/c1-11-15-13-9-12(5-6-14(13)17(11)3)7-8-16(2)10-18-4/h5-6,9H,7-8,10H2,1-4H3. The van der Waals surface area contributed by atoms with Crippen molar-refractivity contribution in [3.63, 3.8) is 0 Å². The van der Waals surface area contributed by atoms with Gasteiger partial charge in [-0.05, 0) is 38.1 Å². The van der Waals surface area contributed by atoms with Crippen LogP contribution in [0.15, 0.2) is 18.2 Å². The summed E-state index contributed by atoms with van der Waals surface area (Å²) in [6.45, 7) is 3.70. The van der Waals surface area contributed by atoms with Gasteiger partial charge in [-0.2, -0.15) is 0 Å². The van der Waals surface area contributed by atoms with Crippen molar-refractivity contribution in [1.82, 2.24) is 14.5 Å². The highest BCUT2D eigenvalue weighted by Gasteiger charge is 2.05. The van der Waals surface area contributed by atoms with Crippen LogP contribution in [-0.2, 0) is 18.2 Å². The fourth-order valence-electron chi connectivity index (χ4n) is 2.13. The summed E-state index contributed by atoms with van der Waals surface area (Å²) in [6, 6.07) is 6.52. The normalized spacial score (nSPS) is 11.6. The minimum Gasteiger partial charge on any atom is -0.369 e. The number of ether oxygens (including phenoxy) is 1. The van der Waals surface area contributed by atoms with Gasteiger partial charge in [-0.25, -0.2) is 4.98 Å². The van der Waals surface area contributed by atoms with Gasteiger partial charge in [0.15, 0.2) is 0 Å². The third-order valence-electron chi connectivity index (χ3n) is 3.30. The lowest BCUT2D eigenvalue weighted by Crippen LogP contribution is -2.23. The number of rotatable bonds is 5. The van der Waals surface area contributed by atoms with Crippen LogP contribution in [-0.4, -0.2) is 41.9 Å². The molecule has 0 spiro atoms. The molecule has 0 atom stereocenters. The van der Waals surface area contributed by atoms with Crippen LogP contribution in [0.2, 0.25) is 0 Å². The first-order valence-corrected chi connectivity index (χ1v) is 6.21. The second-order valence-electron chi connectivity index (χ2n) is 4.79. The number of aryl methyl sites for hydroxylation is 2. The smallest absolute Gasteiger partial charge is 0.106 e. The molecule has 2 rings (SSSR count). The molecule has 18 heavy (non-hydrogen) atoms. The van der Waals surface area contributed by atoms with E-state index in [9.17, 15) is 0 Å². The summed E-state index contributed by atoms with van der Waals surface area (Å²) in [6.07, 6.45) is 1.02. The average Bonchev–Trinajstić information content (AvgIpc) is 2.63. The predicted octanol–water partition coefficient (Wildman–Crippen LogP) is 1.96. The second kappa shape index (κ2) is 5.50. The molecule has 0 radical (unpaired) electrons. The highest BCUT2D eigenvalue weighted by atomic mass is 16.5. The summed E-state index contributed by atoms with van der Waals surface area (Å²) in [5.41, 5.74) is 3.60. The molecule has 0 amide bonds. The van der Waals surface area contributed by atoms with Crippen molar-refractivity contribution >= 4 is 11.0 Å². The molecule has 1 aromatic carbocycles. The molecule has 1 heterocycles. The Morgan fingerprint density at radius 1 is 1.39 bits per heavy atom. The zero-order valence-electron chi connectivity index (χ0n) is 11.6. The quantitative estimate of drug-likeness (QED) is 0.757. The number of methoxy groups -OCH3 is 1. The van der Waals surface area contributed by atoms with Crippen molar-refractivity contribution in [2.75, 3.05) is 27.4 Å². The number of aromatic nitrogens is 2. The molecule has 0 fully saturated rings. The maximum atomic E-state index is 5.09. The van der Waals surface area contributed by atoms with Crippen LogP contribution in [0.1, 0.15) is 11.4 Å². The largest absolute Gasteiger partial charge is 0.369 e. The number of fused-ring (bicyclic) bond motifs is 1. The molecule has 0 unspecified atom stereocenters. The van der Waals surface area contributed by atoms with Crippen LogP contribution in [0.25, 0.3) is 11.0 Å². The lowest BCUT2D eigenvalue weighted by atomic mass is 10.1. The third kappa shape index (κ3) is 2.71. The van der Waals surface area contributed by atoms with Crippen molar-refractivity contribution in [1.29, 1.82) is 0 Å². The maximum absolute atomic E-state index is 5.09. The van der Waals surface area contributed by atoms with Crippen LogP contribution < -0.4 is 0 Å². The van der Waals surface area contributed by atoms with E-state index >= 15 is 0 Å². The van der Waals surface area contributed by atoms with Gasteiger partial charge in [-0.3, -0.25) is 4.90 Å². The van der Waals surface area contributed by atoms with E-state index in [-0.39, 0.29) is 0 Å². The molecule has 0 saturated carbocycles. The van der Waals surface area contributed by atoms with Crippen LogP contribution in [0.3, 0.4) is 0 Å². The van der Waals surface area contributed by atoms with Crippen LogP contribution >= 0.6 is 0 Å². The van der Waals surface area contributed by atoms with Gasteiger partial charge < -0.3 is 9.30 Å². The molecule has 0 aliphatic heterocycles. The van der Waals surface area contributed by atoms with Gasteiger partial charge in [0.1, 0.15) is 5.82 Å². The van der Waals surface area contributed by atoms with E-state index in [4.69, 9.17) is 4.74 Å². The van der Waals surface area contributed by atoms with Gasteiger partial charge in [0, 0.05) is 20.7 Å². The number of benzene rings is 1. The number of imidazole rings is 1. The predicted molar refractivity (Wildman–Crippen MR) is 73.7 cm³/mol. The summed E-state index contributed by atoms with van der Waals surface area (Å²) < 4.78 is 7.21. The molecular weight excluding hydrogens is 226 g/mol. The topological polar surface area (TPSA) is 30.3 Å². The number of hydrogen-bond donors (Lipinski definition) is 0. The molecule has 0 bridgehead atoms. The molecule has 4 nitrogen and oxygen atoms in total. The maximum Gasteiger partial charge on any atom is 0.106 e. The van der Waals surface area contributed by atoms with Gasteiger partial charge in [0.2, 0.25) is 0 Å². The summed E-state index contributed by atoms with van der Waals surface area (Å²) in [4.78, 5) is 6.72. The van der Waals surface area contributed by atoms with E-state index in [0.717, 1.165) is 24.3 Å². The van der Waals surface area contributed by atoms with Gasteiger partial charge in [-0.15, -0.1) is 0 Å². The Morgan fingerprint density at radius 3 is 2.89 bits per heavy atom. The van der Waals surface area contributed by atoms with Crippen molar-refractivity contribution in [2.45, 2.75) is 13.3 Å². The lowest BCUT2D eigenvalue weighted by Gasteiger charge is -2.14. The molecule has 1 aromatic heterocycles. The van der Waals surface area contributed by atoms with E-state index in [1.54, 1.807) is 7.11 Å². The van der Waals surface area contributed by atoms with Crippen molar-refractivity contribution in [3.05, 3.63) is 29.6 Å². The third-order valence-corrected chi connectivity index (χ3v) is 3.30. The number of nitrogens with zero attached hydrogens (tertiary/aromatic N) is 3. The highest BCUT2D eigenvalue weighted by Crippen LogP contribution is 2.16. The zero-order chi connectivity index (χ0) is 13.1. The second-order valence-corrected chi connectivity index (χ2v) is 4.79. The van der Waals surface area contributed by atoms with E-state index < -0.39 is 0 Å². The van der Waals surface area contributed by atoms with Gasteiger partial charge in [-0.1, -0.05) is 6.07 Å². The average molecular weight is 247 g/mol. The van der Waals surface area contributed by atoms with Crippen molar-refractivity contribution in [3.8, 4) is 0 Å². The number of likely N-dealkylation sites (N-methyl/N-ethyl adjacent to an activating group) is 1. The summed E-state index contributed by atoms with van der Waals surface area (Å²) in [5.74, 6) is 1.05. The molecule has 0 N–H and O–H groups in total. The summed E-state index contributed by atoms with van der Waals surface area (Å²) in [7, 11) is 5.84. The highest BCUT2D eigenvalue weighted by molar-refractivity contribution is 5.76. The van der Waals surface area contributed by atoms with Crippen molar-refractivity contribution in [2.24, 2.45) is 7.05 Å². The van der Waals surface area contributed by atoms with E-state index in [2.05, 4.69) is 46.7 Å². The van der Waals surface area contributed by atoms with Gasteiger partial charge in [0.25, 0.3) is 0 Å². The molecule has 0 saturated heterocycles. The molecule has 98 valence electrons. The molecule has 2 aromatic rings. The van der Waals surface area contributed by atoms with Gasteiger partial charge >= 0.3 is 0 Å². The number of hydrogen-bond acceptors (Lipinski definition) is 3. The Hall–Kier alpha value is -1.39. The first-order chi connectivity index (χ1) is 8.61. The Kier molecular flexibility index (Phi) is 3.99. The Bertz CT molecular complexity index is 533. The van der Waals surface area contributed by atoms with Crippen molar-refractivity contribution < 1.29 is 4.74 Å². The fourth-order valence-corrected chi connectivity index (χ4v) is 2.13. The van der Waals surface area contributed by atoms with Gasteiger partial charge in [0.05, 0.1) is 17.8 Å². The monoisotopic (exact) mass is 247 g/mol. The van der Waals surface area contributed by atoms with Crippen LogP contribution in [0.5, 0.6) is 0 Å². The van der Waals surface area contributed by atoms with Crippen LogP contribution in [0, 0.1) is 6.92 Å². The molecule has 0 aliphatic rings. The van der Waals surface area contributed by atoms with E-state index in [1.807, 2.05) is 6.92 Å². The first-order valence-electron chi connectivity index (χ1n) is 6.21. The Morgan fingerprint density at radius 2 is 2.17 bits per heavy atom. The molecular formula is C14H21N3O. The molecule has 4 heteroatoms. The minimum absolute atomic E-state index is 0.672. The SMILES string of the molecule is COCN(C)CCc1ccc2c(c1)nc(C)n2C. The van der Waals surface area contributed by atoms with E-state index in [0.29, 0.717) is 6.73 Å².